The zero-order valence-corrected chi connectivity index (χ0v) is 9.63. The highest BCUT2D eigenvalue weighted by Gasteiger charge is 2.27. The van der Waals surface area contributed by atoms with Crippen LogP contribution in [0.25, 0.3) is 11.1 Å². The van der Waals surface area contributed by atoms with Crippen molar-refractivity contribution < 1.29 is 26.3 Å². The molecule has 0 saturated heterocycles. The molecule has 7 heteroatoms. The number of hydrogen-bond acceptors (Lipinski definition) is 0. The molecule has 0 radical (unpaired) electrons. The topological polar surface area (TPSA) is 0 Å². The van der Waals surface area contributed by atoms with Crippen LogP contribution in [-0.2, 0) is 0 Å². The van der Waals surface area contributed by atoms with E-state index in [2.05, 4.69) is 0 Å². The molecule has 0 unspecified atom stereocenters. The normalized spacial score (nSPS) is 10.9. The summed E-state index contributed by atoms with van der Waals surface area (Å²) in [5, 5.41) is -1.39. The molecule has 0 amide bonds. The molecule has 0 aromatic heterocycles. The fourth-order valence-electron chi connectivity index (χ4n) is 1.54. The maximum Gasteiger partial charge on any atom is 0.181 e. The third-order valence-electron chi connectivity index (χ3n) is 2.43. The lowest BCUT2D eigenvalue weighted by molar-refractivity contribution is 0.456. The highest BCUT2D eigenvalue weighted by Crippen LogP contribution is 2.35. The molecular formula is C12H3ClF6. The summed E-state index contributed by atoms with van der Waals surface area (Å²) in [6.45, 7) is 0. The van der Waals surface area contributed by atoms with Crippen LogP contribution >= 0.6 is 11.6 Å². The van der Waals surface area contributed by atoms with Gasteiger partial charge < -0.3 is 0 Å². The van der Waals surface area contributed by atoms with E-state index >= 15 is 0 Å². The molecule has 0 heterocycles. The van der Waals surface area contributed by atoms with Gasteiger partial charge in [-0.2, -0.15) is 0 Å². The summed E-state index contributed by atoms with van der Waals surface area (Å²) in [5.41, 5.74) is -2.29. The SMILES string of the molecule is Fc1cccc(-c2c(F)c(F)c(Cl)c(F)c2F)c1F. The molecule has 0 aliphatic carbocycles. The van der Waals surface area contributed by atoms with Gasteiger partial charge in [-0.3, -0.25) is 0 Å². The van der Waals surface area contributed by atoms with Crippen molar-refractivity contribution in [2.24, 2.45) is 0 Å². The van der Waals surface area contributed by atoms with Gasteiger partial charge in [0.2, 0.25) is 0 Å². The van der Waals surface area contributed by atoms with Gasteiger partial charge in [-0.25, -0.2) is 26.3 Å². The van der Waals surface area contributed by atoms with E-state index in [9.17, 15) is 26.3 Å². The highest BCUT2D eigenvalue weighted by molar-refractivity contribution is 6.31. The summed E-state index contributed by atoms with van der Waals surface area (Å²) >= 11 is 5.02. The second kappa shape index (κ2) is 4.77. The predicted octanol–water partition coefficient (Wildman–Crippen LogP) is 4.84. The van der Waals surface area contributed by atoms with Crippen molar-refractivity contribution in [2.45, 2.75) is 0 Å². The Balaban J connectivity index is 2.87. The first-order chi connectivity index (χ1) is 8.86. The van der Waals surface area contributed by atoms with E-state index in [0.29, 0.717) is 6.07 Å². The molecule has 2 aromatic carbocycles. The van der Waals surface area contributed by atoms with Gasteiger partial charge in [0, 0.05) is 5.56 Å². The van der Waals surface area contributed by atoms with E-state index in [-0.39, 0.29) is 0 Å². The van der Waals surface area contributed by atoms with Crippen LogP contribution in [0, 0.1) is 34.9 Å². The zero-order valence-electron chi connectivity index (χ0n) is 8.88. The molecule has 100 valence electrons. The first kappa shape index (κ1) is 13.7. The minimum atomic E-state index is -1.90. The van der Waals surface area contributed by atoms with Crippen LogP contribution < -0.4 is 0 Å². The van der Waals surface area contributed by atoms with E-state index in [1.54, 1.807) is 0 Å². The average Bonchev–Trinajstić information content (AvgIpc) is 2.39. The van der Waals surface area contributed by atoms with Gasteiger partial charge in [-0.15, -0.1) is 0 Å². The van der Waals surface area contributed by atoms with Gasteiger partial charge in [0.25, 0.3) is 0 Å². The highest BCUT2D eigenvalue weighted by atomic mass is 35.5. The van der Waals surface area contributed by atoms with E-state index in [0.717, 1.165) is 12.1 Å². The largest absolute Gasteiger partial charge is 0.204 e. The third kappa shape index (κ3) is 2.06. The van der Waals surface area contributed by atoms with Crippen molar-refractivity contribution in [3.8, 4) is 11.1 Å². The molecule has 0 nitrogen and oxygen atoms in total. The second-order valence-corrected chi connectivity index (χ2v) is 3.92. The molecule has 19 heavy (non-hydrogen) atoms. The monoisotopic (exact) mass is 296 g/mol. The van der Waals surface area contributed by atoms with Crippen molar-refractivity contribution in [3.05, 3.63) is 58.1 Å². The Morgan fingerprint density at radius 3 is 1.74 bits per heavy atom. The van der Waals surface area contributed by atoms with Crippen LogP contribution in [0.15, 0.2) is 18.2 Å². The quantitative estimate of drug-likeness (QED) is 0.401. The first-order valence-corrected chi connectivity index (χ1v) is 5.19. The fourth-order valence-corrected chi connectivity index (χ4v) is 1.70. The Bertz CT molecular complexity index is 639. The van der Waals surface area contributed by atoms with Crippen LogP contribution in [0.1, 0.15) is 0 Å². The van der Waals surface area contributed by atoms with Gasteiger partial charge in [-0.1, -0.05) is 23.7 Å². The van der Waals surface area contributed by atoms with Crippen LogP contribution in [0.3, 0.4) is 0 Å². The minimum Gasteiger partial charge on any atom is -0.204 e. The summed E-state index contributed by atoms with van der Waals surface area (Å²) in [7, 11) is 0. The Morgan fingerprint density at radius 2 is 1.21 bits per heavy atom. The number of hydrogen-bond donors (Lipinski definition) is 0. The van der Waals surface area contributed by atoms with Crippen LogP contribution in [-0.4, -0.2) is 0 Å². The summed E-state index contributed by atoms with van der Waals surface area (Å²) in [6, 6.07) is 2.42. The zero-order chi connectivity index (χ0) is 14.3. The molecule has 0 spiro atoms. The van der Waals surface area contributed by atoms with Gasteiger partial charge in [0.15, 0.2) is 34.9 Å². The van der Waals surface area contributed by atoms with Gasteiger partial charge in [0.1, 0.15) is 5.02 Å². The van der Waals surface area contributed by atoms with Gasteiger partial charge >= 0.3 is 0 Å². The molecule has 0 aliphatic rings. The first-order valence-electron chi connectivity index (χ1n) is 4.82. The van der Waals surface area contributed by atoms with Gasteiger partial charge in [-0.05, 0) is 6.07 Å². The lowest BCUT2D eigenvalue weighted by atomic mass is 10.0. The smallest absolute Gasteiger partial charge is 0.181 e. The Kier molecular flexibility index (Phi) is 3.45. The maximum absolute atomic E-state index is 13.5. The number of benzene rings is 2. The predicted molar refractivity (Wildman–Crippen MR) is 56.6 cm³/mol. The summed E-state index contributed by atoms with van der Waals surface area (Å²) in [4.78, 5) is 0. The van der Waals surface area contributed by atoms with Crippen molar-refractivity contribution in [1.82, 2.24) is 0 Å². The molecule has 0 saturated carbocycles. The third-order valence-corrected chi connectivity index (χ3v) is 2.76. The number of rotatable bonds is 1. The fraction of sp³-hybridized carbons (Fsp3) is 0. The average molecular weight is 297 g/mol. The van der Waals surface area contributed by atoms with Crippen molar-refractivity contribution >= 4 is 11.6 Å². The van der Waals surface area contributed by atoms with Crippen molar-refractivity contribution in [2.75, 3.05) is 0 Å². The van der Waals surface area contributed by atoms with Crippen LogP contribution in [0.4, 0.5) is 26.3 Å². The van der Waals surface area contributed by atoms with Crippen molar-refractivity contribution in [3.63, 3.8) is 0 Å². The van der Waals surface area contributed by atoms with Crippen LogP contribution in [0.2, 0.25) is 5.02 Å². The number of halogens is 7. The molecule has 0 N–H and O–H groups in total. The molecule has 0 fully saturated rings. The van der Waals surface area contributed by atoms with E-state index in [1.807, 2.05) is 0 Å². The standard InChI is InChI=1S/C12H3ClF6/c13-7-11(18)9(16)6(10(17)12(7)19)4-2-1-3-5(14)8(4)15/h1-3H. The lowest BCUT2D eigenvalue weighted by Gasteiger charge is -2.10. The lowest BCUT2D eigenvalue weighted by Crippen LogP contribution is -2.02. The molecule has 2 rings (SSSR count). The van der Waals surface area contributed by atoms with Gasteiger partial charge in [0.05, 0.1) is 5.56 Å². The molecule has 0 bridgehead atoms. The maximum atomic E-state index is 13.5. The van der Waals surface area contributed by atoms with Crippen molar-refractivity contribution in [1.29, 1.82) is 0 Å². The minimum absolute atomic E-state index is 0.692. The van der Waals surface area contributed by atoms with E-state index in [4.69, 9.17) is 11.6 Å². The summed E-state index contributed by atoms with van der Waals surface area (Å²) in [5.74, 6) is -10.6. The second-order valence-electron chi connectivity index (χ2n) is 3.55. The summed E-state index contributed by atoms with van der Waals surface area (Å²) < 4.78 is 79.9. The Morgan fingerprint density at radius 1 is 0.684 bits per heavy atom. The summed E-state index contributed by atoms with van der Waals surface area (Å²) in [6.07, 6.45) is 0. The Labute approximate surface area is 108 Å². The molecule has 0 atom stereocenters. The van der Waals surface area contributed by atoms with Crippen LogP contribution in [0.5, 0.6) is 0 Å². The molecule has 0 aliphatic heterocycles. The van der Waals surface area contributed by atoms with E-state index in [1.165, 1.54) is 0 Å². The van der Waals surface area contributed by atoms with E-state index < -0.39 is 51.1 Å². The Hall–Kier alpha value is -1.69. The molecule has 2 aromatic rings. The molecular weight excluding hydrogens is 294 g/mol.